The predicted molar refractivity (Wildman–Crippen MR) is 112 cm³/mol. The molecule has 1 fully saturated rings. The fourth-order valence-electron chi connectivity index (χ4n) is 3.08. The van der Waals surface area contributed by atoms with Crippen LogP contribution in [0.3, 0.4) is 0 Å². The summed E-state index contributed by atoms with van der Waals surface area (Å²) in [5.41, 5.74) is 2.05. The largest absolute Gasteiger partial charge is 0.454 e. The van der Waals surface area contributed by atoms with Gasteiger partial charge in [-0.05, 0) is 43.7 Å². The summed E-state index contributed by atoms with van der Waals surface area (Å²) in [5.74, 6) is -1.21. The third-order valence-electron chi connectivity index (χ3n) is 4.79. The quantitative estimate of drug-likeness (QED) is 0.495. The van der Waals surface area contributed by atoms with Crippen LogP contribution in [0.1, 0.15) is 31.8 Å². The van der Waals surface area contributed by atoms with Crippen molar-refractivity contribution in [1.29, 1.82) is 0 Å². The zero-order valence-electron chi connectivity index (χ0n) is 16.7. The summed E-state index contributed by atoms with van der Waals surface area (Å²) in [6, 6.07) is 9.29. The summed E-state index contributed by atoms with van der Waals surface area (Å²) in [5, 5.41) is 0.0418. The number of Topliss-reactive ketones (excluding diaryl/α,β-unsaturated/α-hetero) is 1. The molecule has 1 saturated heterocycles. The lowest BCUT2D eigenvalue weighted by Gasteiger charge is -2.26. The van der Waals surface area contributed by atoms with E-state index in [9.17, 15) is 18.0 Å². The molecule has 0 saturated carbocycles. The van der Waals surface area contributed by atoms with Crippen LogP contribution in [0.15, 0.2) is 41.3 Å². The Hall–Kier alpha value is -2.26. The average Bonchev–Trinajstić information content (AvgIpc) is 2.74. The molecule has 160 valence electrons. The maximum atomic E-state index is 12.8. The Balaban J connectivity index is 1.77. The van der Waals surface area contributed by atoms with Crippen LogP contribution in [0.2, 0.25) is 5.02 Å². The summed E-state index contributed by atoms with van der Waals surface area (Å²) in [6.45, 7) is 4.27. The maximum Gasteiger partial charge on any atom is 0.340 e. The minimum absolute atomic E-state index is 0.0418. The lowest BCUT2D eigenvalue weighted by Crippen LogP contribution is -2.40. The monoisotopic (exact) mass is 451 g/mol. The van der Waals surface area contributed by atoms with Gasteiger partial charge in [0.05, 0.1) is 28.7 Å². The Morgan fingerprint density at radius 3 is 2.47 bits per heavy atom. The van der Waals surface area contributed by atoms with E-state index in [4.69, 9.17) is 21.1 Å². The number of ketones is 1. The van der Waals surface area contributed by atoms with E-state index in [1.54, 1.807) is 13.0 Å². The molecule has 0 aromatic heterocycles. The summed E-state index contributed by atoms with van der Waals surface area (Å²) < 4.78 is 37.2. The highest BCUT2D eigenvalue weighted by Crippen LogP contribution is 2.24. The van der Waals surface area contributed by atoms with Gasteiger partial charge in [0.1, 0.15) is 0 Å². The minimum atomic E-state index is -3.80. The van der Waals surface area contributed by atoms with Gasteiger partial charge in [-0.15, -0.1) is 0 Å². The van der Waals surface area contributed by atoms with Gasteiger partial charge in [0.2, 0.25) is 15.8 Å². The molecule has 30 heavy (non-hydrogen) atoms. The highest BCUT2D eigenvalue weighted by Gasteiger charge is 2.28. The van der Waals surface area contributed by atoms with E-state index in [0.29, 0.717) is 18.8 Å². The highest BCUT2D eigenvalue weighted by atomic mass is 35.5. The van der Waals surface area contributed by atoms with Crippen LogP contribution in [-0.2, 0) is 19.5 Å². The van der Waals surface area contributed by atoms with Crippen molar-refractivity contribution in [3.8, 4) is 0 Å². The Labute approximate surface area is 180 Å². The second-order valence-corrected chi connectivity index (χ2v) is 9.32. The van der Waals surface area contributed by atoms with Gasteiger partial charge in [0, 0.05) is 18.7 Å². The van der Waals surface area contributed by atoms with Crippen molar-refractivity contribution in [2.24, 2.45) is 0 Å². The number of aryl methyl sites for hydroxylation is 2. The van der Waals surface area contributed by atoms with Gasteiger partial charge < -0.3 is 9.47 Å². The van der Waals surface area contributed by atoms with Crippen molar-refractivity contribution in [3.63, 3.8) is 0 Å². The average molecular weight is 452 g/mol. The van der Waals surface area contributed by atoms with Gasteiger partial charge in [0.15, 0.2) is 6.61 Å². The van der Waals surface area contributed by atoms with Crippen LogP contribution in [0.4, 0.5) is 0 Å². The first-order chi connectivity index (χ1) is 14.2. The van der Waals surface area contributed by atoms with Crippen molar-refractivity contribution in [3.05, 3.63) is 63.7 Å². The molecule has 2 aromatic rings. The number of carbonyl (C=O) groups is 2. The van der Waals surface area contributed by atoms with Gasteiger partial charge in [-0.1, -0.05) is 29.3 Å². The van der Waals surface area contributed by atoms with Crippen molar-refractivity contribution in [2.45, 2.75) is 18.7 Å². The molecule has 1 aliphatic rings. The lowest BCUT2D eigenvalue weighted by molar-refractivity contribution is 0.0474. The zero-order valence-corrected chi connectivity index (χ0v) is 18.3. The molecule has 0 spiro atoms. The van der Waals surface area contributed by atoms with E-state index in [1.165, 1.54) is 22.5 Å². The number of hydrogen-bond acceptors (Lipinski definition) is 6. The van der Waals surface area contributed by atoms with Crippen LogP contribution in [0.5, 0.6) is 0 Å². The van der Waals surface area contributed by atoms with Crippen LogP contribution in [0.25, 0.3) is 0 Å². The molecule has 1 aliphatic heterocycles. The summed E-state index contributed by atoms with van der Waals surface area (Å²) in [7, 11) is -3.80. The first kappa shape index (κ1) is 22.4. The molecular weight excluding hydrogens is 430 g/mol. The Morgan fingerprint density at radius 1 is 1.07 bits per heavy atom. The van der Waals surface area contributed by atoms with E-state index in [2.05, 4.69) is 0 Å². The topological polar surface area (TPSA) is 90.0 Å². The third-order valence-corrected chi connectivity index (χ3v) is 7.02. The smallest absolute Gasteiger partial charge is 0.340 e. The lowest BCUT2D eigenvalue weighted by atomic mass is 10.0. The number of sulfonamides is 1. The number of morpholine rings is 1. The first-order valence-corrected chi connectivity index (χ1v) is 11.2. The van der Waals surface area contributed by atoms with Gasteiger partial charge >= 0.3 is 5.97 Å². The molecule has 1 heterocycles. The number of ether oxygens (including phenoxy) is 2. The molecule has 0 N–H and O–H groups in total. The normalized spacial score (nSPS) is 15.0. The standard InChI is InChI=1S/C21H22ClNO6S/c1-14-3-4-15(2)17(11-14)20(24)13-29-21(25)18-12-16(5-6-19(18)22)30(26,27)23-7-9-28-10-8-23/h3-6,11-12H,7-10,13H2,1-2H3. The number of carbonyl (C=O) groups excluding carboxylic acids is 2. The molecular formula is C21H22ClNO6S. The molecule has 0 radical (unpaired) electrons. The SMILES string of the molecule is Cc1ccc(C)c(C(=O)COC(=O)c2cc(S(=O)(=O)N3CCOCC3)ccc2Cl)c1. The van der Waals surface area contributed by atoms with Crippen molar-refractivity contribution >= 4 is 33.4 Å². The van der Waals surface area contributed by atoms with Gasteiger partial charge in [0.25, 0.3) is 0 Å². The van der Waals surface area contributed by atoms with Crippen LogP contribution < -0.4 is 0 Å². The molecule has 0 amide bonds. The van der Waals surface area contributed by atoms with Crippen molar-refractivity contribution in [1.82, 2.24) is 4.31 Å². The second kappa shape index (κ2) is 9.26. The van der Waals surface area contributed by atoms with Crippen LogP contribution >= 0.6 is 11.6 Å². The van der Waals surface area contributed by atoms with Gasteiger partial charge in [-0.2, -0.15) is 4.31 Å². The highest BCUT2D eigenvalue weighted by molar-refractivity contribution is 7.89. The van der Waals surface area contributed by atoms with E-state index < -0.39 is 22.6 Å². The maximum absolute atomic E-state index is 12.8. The molecule has 0 unspecified atom stereocenters. The van der Waals surface area contributed by atoms with E-state index in [1.807, 2.05) is 19.1 Å². The third kappa shape index (κ3) is 4.89. The predicted octanol–water partition coefficient (Wildman–Crippen LogP) is 3.02. The van der Waals surface area contributed by atoms with Crippen molar-refractivity contribution < 1.29 is 27.5 Å². The number of nitrogens with zero attached hydrogens (tertiary/aromatic N) is 1. The number of hydrogen-bond donors (Lipinski definition) is 0. The fraction of sp³-hybridized carbons (Fsp3) is 0.333. The summed E-state index contributed by atoms with van der Waals surface area (Å²) >= 11 is 6.09. The molecule has 2 aromatic carbocycles. The molecule has 0 atom stereocenters. The van der Waals surface area contributed by atoms with E-state index in [-0.39, 0.29) is 34.4 Å². The minimum Gasteiger partial charge on any atom is -0.454 e. The molecule has 0 aliphatic carbocycles. The zero-order chi connectivity index (χ0) is 21.9. The number of rotatable bonds is 6. The van der Waals surface area contributed by atoms with E-state index >= 15 is 0 Å². The Bertz CT molecular complexity index is 1080. The molecule has 7 nitrogen and oxygen atoms in total. The second-order valence-electron chi connectivity index (χ2n) is 6.98. The van der Waals surface area contributed by atoms with Crippen LogP contribution in [-0.4, -0.2) is 57.4 Å². The van der Waals surface area contributed by atoms with E-state index in [0.717, 1.165) is 11.1 Å². The molecule has 3 rings (SSSR count). The number of benzene rings is 2. The van der Waals surface area contributed by atoms with Gasteiger partial charge in [-0.3, -0.25) is 4.79 Å². The number of halogens is 1. The van der Waals surface area contributed by atoms with Crippen molar-refractivity contribution in [2.75, 3.05) is 32.9 Å². The fourth-order valence-corrected chi connectivity index (χ4v) is 4.71. The molecule has 9 heteroatoms. The van der Waals surface area contributed by atoms with Crippen LogP contribution in [0, 0.1) is 13.8 Å². The number of esters is 1. The van der Waals surface area contributed by atoms with Gasteiger partial charge in [-0.25, -0.2) is 13.2 Å². The summed E-state index contributed by atoms with van der Waals surface area (Å²) in [4.78, 5) is 24.9. The summed E-state index contributed by atoms with van der Waals surface area (Å²) in [6.07, 6.45) is 0. The Kier molecular flexibility index (Phi) is 6.92. The molecule has 0 bridgehead atoms. The Morgan fingerprint density at radius 2 is 1.77 bits per heavy atom. The first-order valence-electron chi connectivity index (χ1n) is 9.35.